The van der Waals surface area contributed by atoms with Crippen molar-refractivity contribution >= 4 is 16.8 Å². The molecule has 2 heterocycles. The predicted octanol–water partition coefficient (Wildman–Crippen LogP) is 3.25. The van der Waals surface area contributed by atoms with Crippen LogP contribution in [0.1, 0.15) is 16.1 Å². The summed E-state index contributed by atoms with van der Waals surface area (Å²) in [5.41, 5.74) is 1.53. The fourth-order valence-electron chi connectivity index (χ4n) is 2.93. The molecule has 1 aliphatic heterocycles. The summed E-state index contributed by atoms with van der Waals surface area (Å²) in [5, 5.41) is 3.57. The number of rotatable bonds is 3. The highest BCUT2D eigenvalue weighted by atomic mass is 19.1. The van der Waals surface area contributed by atoms with E-state index >= 15 is 0 Å². The Balaban J connectivity index is 1.46. The molecule has 0 radical (unpaired) electrons. The van der Waals surface area contributed by atoms with Crippen molar-refractivity contribution in [3.8, 4) is 11.5 Å². The molecule has 2 aromatic carbocycles. The van der Waals surface area contributed by atoms with Gasteiger partial charge in [-0.2, -0.15) is 0 Å². The molecule has 0 saturated carbocycles. The van der Waals surface area contributed by atoms with Gasteiger partial charge in [0.25, 0.3) is 5.91 Å². The van der Waals surface area contributed by atoms with E-state index in [9.17, 15) is 9.18 Å². The molecular formula is C20H17FN2O3. The molecule has 0 aliphatic carbocycles. The first-order valence-electron chi connectivity index (χ1n) is 8.34. The Kier molecular flexibility index (Phi) is 4.16. The molecule has 0 bridgehead atoms. The van der Waals surface area contributed by atoms with Crippen LogP contribution >= 0.6 is 0 Å². The molecule has 0 fully saturated rings. The van der Waals surface area contributed by atoms with Gasteiger partial charge in [0.1, 0.15) is 18.5 Å². The Bertz CT molecular complexity index is 990. The van der Waals surface area contributed by atoms with Crippen LogP contribution in [-0.2, 0) is 0 Å². The zero-order valence-electron chi connectivity index (χ0n) is 14.2. The molecule has 0 saturated heterocycles. The summed E-state index contributed by atoms with van der Waals surface area (Å²) in [6.45, 7) is 2.41. The minimum atomic E-state index is -0.351. The summed E-state index contributed by atoms with van der Waals surface area (Å²) >= 11 is 0. The molecule has 1 aliphatic rings. The van der Waals surface area contributed by atoms with Crippen molar-refractivity contribution in [2.24, 2.45) is 0 Å². The van der Waals surface area contributed by atoms with E-state index in [1.165, 1.54) is 12.1 Å². The lowest BCUT2D eigenvalue weighted by atomic mass is 10.1. The maximum absolute atomic E-state index is 13.3. The van der Waals surface area contributed by atoms with Gasteiger partial charge in [-0.15, -0.1) is 0 Å². The zero-order valence-corrected chi connectivity index (χ0v) is 14.2. The smallest absolute Gasteiger partial charge is 0.253 e. The fourth-order valence-corrected chi connectivity index (χ4v) is 2.93. The predicted molar refractivity (Wildman–Crippen MR) is 95.1 cm³/mol. The van der Waals surface area contributed by atoms with Crippen molar-refractivity contribution in [1.82, 2.24) is 10.3 Å². The molecule has 1 atom stereocenters. The van der Waals surface area contributed by atoms with Crippen LogP contribution in [-0.4, -0.2) is 30.1 Å². The highest BCUT2D eigenvalue weighted by Gasteiger charge is 2.22. The highest BCUT2D eigenvalue weighted by molar-refractivity contribution is 5.98. The Morgan fingerprint density at radius 2 is 2.04 bits per heavy atom. The summed E-state index contributed by atoms with van der Waals surface area (Å²) in [4.78, 5) is 16.9. The monoisotopic (exact) mass is 352 g/mol. The SMILES string of the molecule is Cc1nc2cc(F)ccc2cc1C(=O)NC[C@@H]1COc2ccccc2O1. The molecule has 132 valence electrons. The number of halogens is 1. The van der Waals surface area contributed by atoms with E-state index in [0.29, 0.717) is 46.8 Å². The maximum atomic E-state index is 13.3. The normalized spacial score (nSPS) is 15.7. The molecule has 5 nitrogen and oxygen atoms in total. The number of carbonyl (C=O) groups excluding carboxylic acids is 1. The van der Waals surface area contributed by atoms with Gasteiger partial charge in [-0.3, -0.25) is 9.78 Å². The molecule has 0 unspecified atom stereocenters. The topological polar surface area (TPSA) is 60.5 Å². The number of pyridine rings is 1. The largest absolute Gasteiger partial charge is 0.486 e. The van der Waals surface area contributed by atoms with E-state index in [-0.39, 0.29) is 17.8 Å². The van der Waals surface area contributed by atoms with E-state index in [0.717, 1.165) is 0 Å². The highest BCUT2D eigenvalue weighted by Crippen LogP contribution is 2.30. The number of amides is 1. The number of carbonyl (C=O) groups is 1. The second-order valence-corrected chi connectivity index (χ2v) is 6.17. The van der Waals surface area contributed by atoms with Crippen LogP contribution in [0.25, 0.3) is 10.9 Å². The van der Waals surface area contributed by atoms with Crippen molar-refractivity contribution < 1.29 is 18.7 Å². The lowest BCUT2D eigenvalue weighted by molar-refractivity contribution is 0.0788. The van der Waals surface area contributed by atoms with Gasteiger partial charge in [-0.25, -0.2) is 4.39 Å². The van der Waals surface area contributed by atoms with Crippen LogP contribution in [0, 0.1) is 12.7 Å². The first kappa shape index (κ1) is 16.3. The lowest BCUT2D eigenvalue weighted by Gasteiger charge is -2.26. The first-order chi connectivity index (χ1) is 12.6. The summed E-state index contributed by atoms with van der Waals surface area (Å²) in [7, 11) is 0. The van der Waals surface area contributed by atoms with Crippen molar-refractivity contribution in [2.75, 3.05) is 13.2 Å². The van der Waals surface area contributed by atoms with Crippen LogP contribution in [0.3, 0.4) is 0 Å². The van der Waals surface area contributed by atoms with Crippen LogP contribution in [0.2, 0.25) is 0 Å². The standard InChI is InChI=1S/C20H17FN2O3/c1-12-16(8-13-6-7-14(21)9-17(13)23-12)20(24)22-10-15-11-25-18-4-2-3-5-19(18)26-15/h2-9,15H,10-11H2,1H3,(H,22,24)/t15-/m1/s1. The number of aryl methyl sites for hydroxylation is 1. The van der Waals surface area contributed by atoms with Crippen molar-refractivity contribution in [1.29, 1.82) is 0 Å². The Morgan fingerprint density at radius 1 is 1.23 bits per heavy atom. The zero-order chi connectivity index (χ0) is 18.1. The average Bonchev–Trinajstić information content (AvgIpc) is 2.65. The summed E-state index contributed by atoms with van der Waals surface area (Å²) in [6, 6.07) is 13.5. The molecule has 1 N–H and O–H groups in total. The van der Waals surface area contributed by atoms with E-state index in [2.05, 4.69) is 10.3 Å². The number of ether oxygens (including phenoxy) is 2. The number of nitrogens with one attached hydrogen (secondary N) is 1. The minimum absolute atomic E-state index is 0.247. The second kappa shape index (κ2) is 6.63. The Hall–Kier alpha value is -3.15. The number of hydrogen-bond acceptors (Lipinski definition) is 4. The van der Waals surface area contributed by atoms with E-state index in [1.807, 2.05) is 24.3 Å². The lowest BCUT2D eigenvalue weighted by Crippen LogP contribution is -2.40. The maximum Gasteiger partial charge on any atom is 0.253 e. The molecule has 3 aromatic rings. The summed E-state index contributed by atoms with van der Waals surface area (Å²) in [6.07, 6.45) is -0.267. The first-order valence-corrected chi connectivity index (χ1v) is 8.34. The fraction of sp³-hybridized carbons (Fsp3) is 0.200. The Labute approximate surface area is 149 Å². The third-order valence-electron chi connectivity index (χ3n) is 4.27. The van der Waals surface area contributed by atoms with Gasteiger partial charge in [-0.1, -0.05) is 12.1 Å². The van der Waals surface area contributed by atoms with Gasteiger partial charge >= 0.3 is 0 Å². The third kappa shape index (κ3) is 3.18. The van der Waals surface area contributed by atoms with Gasteiger partial charge in [0, 0.05) is 11.5 Å². The molecule has 1 amide bonds. The van der Waals surface area contributed by atoms with Crippen LogP contribution in [0.4, 0.5) is 4.39 Å². The van der Waals surface area contributed by atoms with Gasteiger partial charge in [0.15, 0.2) is 11.5 Å². The van der Waals surface area contributed by atoms with Crippen LogP contribution in [0.5, 0.6) is 11.5 Å². The van der Waals surface area contributed by atoms with E-state index in [4.69, 9.17) is 9.47 Å². The van der Waals surface area contributed by atoms with Gasteiger partial charge in [0.05, 0.1) is 23.3 Å². The van der Waals surface area contributed by atoms with E-state index in [1.54, 1.807) is 19.1 Å². The number of para-hydroxylation sites is 2. The third-order valence-corrected chi connectivity index (χ3v) is 4.27. The molecule has 1 aromatic heterocycles. The van der Waals surface area contributed by atoms with Crippen molar-refractivity contribution in [3.63, 3.8) is 0 Å². The minimum Gasteiger partial charge on any atom is -0.486 e. The van der Waals surface area contributed by atoms with Crippen LogP contribution in [0.15, 0.2) is 48.5 Å². The van der Waals surface area contributed by atoms with Crippen molar-refractivity contribution in [2.45, 2.75) is 13.0 Å². The molecular weight excluding hydrogens is 335 g/mol. The van der Waals surface area contributed by atoms with Crippen LogP contribution < -0.4 is 14.8 Å². The number of fused-ring (bicyclic) bond motifs is 2. The number of aromatic nitrogens is 1. The number of nitrogens with zero attached hydrogens (tertiary/aromatic N) is 1. The van der Waals surface area contributed by atoms with E-state index < -0.39 is 0 Å². The second-order valence-electron chi connectivity index (χ2n) is 6.17. The molecule has 6 heteroatoms. The van der Waals surface area contributed by atoms with Gasteiger partial charge in [-0.05, 0) is 37.3 Å². The van der Waals surface area contributed by atoms with Gasteiger partial charge in [0.2, 0.25) is 0 Å². The number of hydrogen-bond donors (Lipinski definition) is 1. The van der Waals surface area contributed by atoms with Crippen molar-refractivity contribution in [3.05, 3.63) is 65.6 Å². The summed E-state index contributed by atoms with van der Waals surface area (Å²) in [5.74, 6) is 0.778. The molecule has 4 rings (SSSR count). The quantitative estimate of drug-likeness (QED) is 0.786. The Morgan fingerprint density at radius 3 is 2.88 bits per heavy atom. The average molecular weight is 352 g/mol. The summed E-state index contributed by atoms with van der Waals surface area (Å²) < 4.78 is 24.8. The molecule has 26 heavy (non-hydrogen) atoms. The molecule has 0 spiro atoms. The van der Waals surface area contributed by atoms with Gasteiger partial charge < -0.3 is 14.8 Å². The number of benzene rings is 2.